The predicted octanol–water partition coefficient (Wildman–Crippen LogP) is 3.31. The summed E-state index contributed by atoms with van der Waals surface area (Å²) in [6.07, 6.45) is 3.59. The number of carbonyl (C=O) groups is 6. The van der Waals surface area contributed by atoms with E-state index in [0.29, 0.717) is 72.5 Å². The average molecular weight is 877 g/mol. The van der Waals surface area contributed by atoms with Gasteiger partial charge < -0.3 is 52.9 Å². The first-order valence-electron chi connectivity index (χ1n) is 18.8. The molecule has 0 aliphatic heterocycles. The van der Waals surface area contributed by atoms with E-state index in [1.54, 1.807) is 12.1 Å². The molecule has 0 radical (unpaired) electrons. The molecule has 0 bridgehead atoms. The van der Waals surface area contributed by atoms with Crippen LogP contribution < -0.4 is 23.0 Å². The van der Waals surface area contributed by atoms with Gasteiger partial charge in [0, 0.05) is 36.2 Å². The maximum Gasteiger partial charge on any atom is 3.00 e. The molecule has 6 aromatic rings. The number of nitrogens with zero attached hydrogens (tertiary/aromatic N) is 6. The number of fused-ring (bicyclic) bond motifs is 4. The number of ketones is 4. The Morgan fingerprint density at radius 2 is 0.783 bits per heavy atom. The zero-order valence-corrected chi connectivity index (χ0v) is 35.5. The molecule has 0 saturated heterocycles. The van der Waals surface area contributed by atoms with Crippen LogP contribution in [0.1, 0.15) is 61.3 Å². The minimum absolute atomic E-state index is 0. The van der Waals surface area contributed by atoms with E-state index in [-0.39, 0.29) is 64.1 Å². The Kier molecular flexibility index (Phi) is 22.0. The third-order valence-electron chi connectivity index (χ3n) is 8.01. The van der Waals surface area contributed by atoms with Gasteiger partial charge in [0.2, 0.25) is 0 Å². The molecule has 0 spiro atoms. The fourth-order valence-electron chi connectivity index (χ4n) is 5.57. The van der Waals surface area contributed by atoms with Crippen LogP contribution in [0.4, 0.5) is 0 Å². The number of carbonyl (C=O) groups excluding carboxylic acids is 6. The number of rotatable bonds is 17. The van der Waals surface area contributed by atoms with Crippen LogP contribution in [0.25, 0.3) is 54.8 Å². The van der Waals surface area contributed by atoms with Gasteiger partial charge in [-0.2, -0.15) is 13.1 Å². The molecule has 2 amide bonds. The average Bonchev–Trinajstić information content (AvgIpc) is 3.18. The van der Waals surface area contributed by atoms with E-state index in [0.717, 1.165) is 47.8 Å². The molecule has 16 heteroatoms. The maximum absolute atomic E-state index is 12.8. The number of benzene rings is 4. The zero-order chi connectivity index (χ0) is 41.9. The van der Waals surface area contributed by atoms with E-state index in [4.69, 9.17) is 0 Å². The molecule has 6 rings (SSSR count). The van der Waals surface area contributed by atoms with Crippen LogP contribution >= 0.6 is 0 Å². The number of halogens is 1. The van der Waals surface area contributed by atoms with Gasteiger partial charge in [0.1, 0.15) is 11.0 Å². The maximum atomic E-state index is 12.8. The summed E-state index contributed by atoms with van der Waals surface area (Å²) < 4.78 is 0. The predicted molar refractivity (Wildman–Crippen MR) is 225 cm³/mol. The third-order valence-corrected chi connectivity index (χ3v) is 8.01. The van der Waals surface area contributed by atoms with Crippen molar-refractivity contribution in [3.63, 3.8) is 0 Å². The fraction of sp³-hybridized carbons (Fsp3) is 0.273. The van der Waals surface area contributed by atoms with Crippen molar-refractivity contribution in [1.29, 1.82) is 0 Å². The van der Waals surface area contributed by atoms with Crippen LogP contribution in [-0.4, -0.2) is 94.2 Å². The number of hydrogen-bond donors (Lipinski definition) is 2. The summed E-state index contributed by atoms with van der Waals surface area (Å²) in [6, 6.07) is 26.2. The molecule has 0 fully saturated rings. The van der Waals surface area contributed by atoms with E-state index in [9.17, 15) is 28.8 Å². The Hall–Kier alpha value is -5.84. The van der Waals surface area contributed by atoms with Gasteiger partial charge in [0.25, 0.3) is 11.8 Å². The Balaban J connectivity index is 0.000000669. The number of Topliss-reactive ketones (excluding diaryl/α,β-unsaturated/α-hetero) is 4. The van der Waals surface area contributed by atoms with Crippen molar-refractivity contribution in [2.45, 2.75) is 40.5 Å². The standard InChI is InChI=1S/C34H32N8O2.2C5H7O2.ClH.Co/c43-33(23-9-5-15-29-31(23)41-27-13-3-1-11-25(27)39-29)37-19-7-17-35-21-22-36-18-8-20-38-34(44)24-10-6-16-30-32(24)42-28-14-4-2-12-26(28)40-30;2*1-4(6)3-5(2)7;;/h1-6,9-16H,7-8,17-22H2,(H,37,43)(H,38,44);2*3H,1-2H3;1H;/q-2;2*-1;;+3/p-1. The van der Waals surface area contributed by atoms with Crippen molar-refractivity contribution < 1.29 is 58.0 Å². The van der Waals surface area contributed by atoms with Crippen LogP contribution in [0.2, 0.25) is 0 Å². The summed E-state index contributed by atoms with van der Waals surface area (Å²) in [5.41, 5.74) is 6.78. The molecule has 0 atom stereocenters. The first-order valence-corrected chi connectivity index (χ1v) is 18.8. The van der Waals surface area contributed by atoms with E-state index in [1.165, 1.54) is 27.7 Å². The summed E-state index contributed by atoms with van der Waals surface area (Å²) in [5, 5.41) is 15.0. The van der Waals surface area contributed by atoms with Gasteiger partial charge in [-0.3, -0.25) is 22.4 Å². The molecular formula is C44H46ClCoN8O6-2. The molecule has 2 heterocycles. The van der Waals surface area contributed by atoms with Crippen LogP contribution in [0, 0.1) is 12.8 Å². The number of nitrogens with one attached hydrogen (secondary N) is 2. The summed E-state index contributed by atoms with van der Waals surface area (Å²) in [5.74, 6) is -1.08. The first kappa shape index (κ1) is 50.3. The van der Waals surface area contributed by atoms with Crippen molar-refractivity contribution in [3.8, 4) is 0 Å². The SMILES string of the molecule is CC(=O)[CH-]C(C)=O.CC(=O)[CH-]C(C)=O.O=C(NCCC[N-]CC[N-]CCCNC(=O)c1cccc2nc3ccccc3nc12)c1cccc2nc3ccccc3nc12.[Cl-].[Co+3]. The summed E-state index contributed by atoms with van der Waals surface area (Å²) >= 11 is 0. The number of amides is 2. The third kappa shape index (κ3) is 16.4. The Bertz CT molecular complexity index is 2220. The van der Waals surface area contributed by atoms with Crippen LogP contribution in [-0.2, 0) is 36.0 Å². The molecule has 0 aliphatic carbocycles. The van der Waals surface area contributed by atoms with Crippen LogP contribution in [0.5, 0.6) is 0 Å². The fourth-order valence-corrected chi connectivity index (χ4v) is 5.57. The topological polar surface area (TPSA) is 206 Å². The first-order chi connectivity index (χ1) is 27.9. The van der Waals surface area contributed by atoms with Gasteiger partial charge in [-0.15, -0.1) is 13.1 Å². The zero-order valence-electron chi connectivity index (χ0n) is 33.7. The Morgan fingerprint density at radius 3 is 1.10 bits per heavy atom. The summed E-state index contributed by atoms with van der Waals surface area (Å²) in [4.78, 5) is 84.2. The molecule has 4 aromatic carbocycles. The van der Waals surface area contributed by atoms with Crippen molar-refractivity contribution in [1.82, 2.24) is 30.6 Å². The van der Waals surface area contributed by atoms with E-state index < -0.39 is 0 Å². The van der Waals surface area contributed by atoms with Gasteiger partial charge in [-0.25, -0.2) is 19.9 Å². The summed E-state index contributed by atoms with van der Waals surface area (Å²) in [6.45, 7) is 9.00. The molecule has 2 N–H and O–H groups in total. The summed E-state index contributed by atoms with van der Waals surface area (Å²) in [7, 11) is 0. The van der Waals surface area contributed by atoms with Gasteiger partial charge in [0.15, 0.2) is 0 Å². The van der Waals surface area contributed by atoms with E-state index >= 15 is 0 Å². The van der Waals surface area contributed by atoms with Gasteiger partial charge in [-0.1, -0.05) is 49.2 Å². The largest absolute Gasteiger partial charge is 3.00 e. The van der Waals surface area contributed by atoms with Crippen LogP contribution in [0.15, 0.2) is 84.9 Å². The van der Waals surface area contributed by atoms with Crippen LogP contribution in [0.3, 0.4) is 0 Å². The normalized spacial score (nSPS) is 10.1. The Labute approximate surface area is 365 Å². The molecule has 2 aromatic heterocycles. The Morgan fingerprint density at radius 1 is 0.467 bits per heavy atom. The van der Waals surface area contributed by atoms with E-state index in [2.05, 4.69) is 41.2 Å². The molecule has 0 saturated carbocycles. The number of para-hydroxylation sites is 6. The van der Waals surface area contributed by atoms with Crippen molar-refractivity contribution in [2.75, 3.05) is 39.3 Å². The quantitative estimate of drug-likeness (QED) is 0.0592. The molecule has 60 heavy (non-hydrogen) atoms. The van der Waals surface area contributed by atoms with Crippen molar-refractivity contribution in [3.05, 3.63) is 120 Å². The van der Waals surface area contributed by atoms with Crippen molar-refractivity contribution >= 4 is 79.1 Å². The van der Waals surface area contributed by atoms with E-state index in [1.807, 2.05) is 72.8 Å². The van der Waals surface area contributed by atoms with Crippen molar-refractivity contribution in [2.24, 2.45) is 0 Å². The second-order valence-electron chi connectivity index (χ2n) is 13.1. The van der Waals surface area contributed by atoms with Gasteiger partial charge in [0.05, 0.1) is 44.2 Å². The molecule has 316 valence electrons. The molecule has 0 unspecified atom stereocenters. The molecular weight excluding hydrogens is 831 g/mol. The van der Waals surface area contributed by atoms with Gasteiger partial charge in [-0.05, 0) is 76.2 Å². The minimum Gasteiger partial charge on any atom is -1.00 e. The number of hydrogen-bond acceptors (Lipinski definition) is 10. The smallest absolute Gasteiger partial charge is 1.00 e. The minimum atomic E-state index is -0.187. The second-order valence-corrected chi connectivity index (χ2v) is 13.1. The monoisotopic (exact) mass is 876 g/mol. The molecule has 0 aliphatic rings. The second kappa shape index (κ2) is 26.3. The number of aromatic nitrogens is 4. The molecule has 14 nitrogen and oxygen atoms in total. The van der Waals surface area contributed by atoms with Gasteiger partial charge >= 0.3 is 16.8 Å².